The summed E-state index contributed by atoms with van der Waals surface area (Å²) >= 11 is 0. The van der Waals surface area contributed by atoms with Gasteiger partial charge in [-0.25, -0.2) is 9.37 Å². The van der Waals surface area contributed by atoms with Crippen LogP contribution in [0.5, 0.6) is 11.6 Å². The molecule has 0 spiro atoms. The van der Waals surface area contributed by atoms with E-state index in [-0.39, 0.29) is 5.82 Å². The lowest BCUT2D eigenvalue weighted by molar-refractivity contribution is 0.0698. The number of hydrogen-bond acceptors (Lipinski definition) is 5. The Morgan fingerprint density at radius 3 is 2.75 bits per heavy atom. The summed E-state index contributed by atoms with van der Waals surface area (Å²) in [6.45, 7) is 3.21. The van der Waals surface area contributed by atoms with Gasteiger partial charge in [-0.05, 0) is 24.1 Å². The monoisotopic (exact) mass is 390 g/mol. The predicted molar refractivity (Wildman–Crippen MR) is 106 cm³/mol. The number of rotatable bonds is 11. The van der Waals surface area contributed by atoms with Crippen molar-refractivity contribution in [2.45, 2.75) is 13.0 Å². The average Bonchev–Trinajstić information content (AvgIpc) is 2.71. The third kappa shape index (κ3) is 8.32. The molecule has 0 unspecified atom stereocenters. The van der Waals surface area contributed by atoms with Crippen molar-refractivity contribution in [3.8, 4) is 11.6 Å². The van der Waals surface area contributed by atoms with E-state index >= 15 is 0 Å². The van der Waals surface area contributed by atoms with Crippen molar-refractivity contribution in [2.75, 3.05) is 40.5 Å². The Bertz CT molecular complexity index is 726. The summed E-state index contributed by atoms with van der Waals surface area (Å²) in [5.74, 6) is 1.18. The Morgan fingerprint density at radius 2 is 2.04 bits per heavy atom. The van der Waals surface area contributed by atoms with Crippen molar-refractivity contribution >= 4 is 5.96 Å². The van der Waals surface area contributed by atoms with Gasteiger partial charge in [0, 0.05) is 52.2 Å². The maximum absolute atomic E-state index is 13.2. The molecule has 0 radical (unpaired) electrons. The molecule has 0 aliphatic carbocycles. The van der Waals surface area contributed by atoms with Crippen LogP contribution >= 0.6 is 0 Å². The van der Waals surface area contributed by atoms with Crippen molar-refractivity contribution in [1.29, 1.82) is 0 Å². The Kier molecular flexibility index (Phi) is 9.74. The standard InChI is InChI=1S/C20H27FN4O3/c1-22-20(23-9-4-10-27-12-11-26-2)25-15-16-7-8-19(24-14-16)28-18-6-3-5-17(21)13-18/h3,5-8,13-14H,4,9-12,15H2,1-2H3,(H2,22,23,25). The number of aromatic nitrogens is 1. The summed E-state index contributed by atoms with van der Waals surface area (Å²) in [5, 5.41) is 6.45. The molecule has 1 aromatic heterocycles. The van der Waals surface area contributed by atoms with Gasteiger partial charge in [-0.1, -0.05) is 12.1 Å². The molecule has 152 valence electrons. The van der Waals surface area contributed by atoms with Crippen LogP contribution in [0, 0.1) is 5.82 Å². The van der Waals surface area contributed by atoms with Gasteiger partial charge in [-0.15, -0.1) is 0 Å². The fourth-order valence-electron chi connectivity index (χ4n) is 2.26. The van der Waals surface area contributed by atoms with Crippen LogP contribution in [0.25, 0.3) is 0 Å². The fourth-order valence-corrected chi connectivity index (χ4v) is 2.26. The number of benzene rings is 1. The van der Waals surface area contributed by atoms with Crippen molar-refractivity contribution in [3.63, 3.8) is 0 Å². The smallest absolute Gasteiger partial charge is 0.219 e. The summed E-state index contributed by atoms with van der Waals surface area (Å²) in [6, 6.07) is 9.59. The van der Waals surface area contributed by atoms with Gasteiger partial charge in [-0.2, -0.15) is 0 Å². The number of methoxy groups -OCH3 is 1. The second-order valence-corrected chi connectivity index (χ2v) is 5.88. The second kappa shape index (κ2) is 12.6. The van der Waals surface area contributed by atoms with Gasteiger partial charge < -0.3 is 24.8 Å². The Balaban J connectivity index is 1.69. The molecule has 2 rings (SSSR count). The van der Waals surface area contributed by atoms with Crippen LogP contribution < -0.4 is 15.4 Å². The molecule has 28 heavy (non-hydrogen) atoms. The first-order valence-electron chi connectivity index (χ1n) is 9.11. The number of guanidine groups is 1. The van der Waals surface area contributed by atoms with E-state index in [1.165, 1.54) is 12.1 Å². The van der Waals surface area contributed by atoms with Gasteiger partial charge in [-0.3, -0.25) is 4.99 Å². The molecule has 0 bridgehead atoms. The lowest BCUT2D eigenvalue weighted by Crippen LogP contribution is -2.37. The minimum Gasteiger partial charge on any atom is -0.439 e. The number of ether oxygens (including phenoxy) is 3. The molecular weight excluding hydrogens is 363 g/mol. The quantitative estimate of drug-likeness (QED) is 0.349. The van der Waals surface area contributed by atoms with Crippen LogP contribution in [0.3, 0.4) is 0 Å². The van der Waals surface area contributed by atoms with E-state index in [0.717, 1.165) is 18.5 Å². The molecule has 2 aromatic rings. The summed E-state index contributed by atoms with van der Waals surface area (Å²) < 4.78 is 29.1. The maximum Gasteiger partial charge on any atom is 0.219 e. The number of pyridine rings is 1. The molecule has 0 aliphatic rings. The van der Waals surface area contributed by atoms with Crippen LogP contribution in [-0.4, -0.2) is 51.5 Å². The highest BCUT2D eigenvalue weighted by Crippen LogP contribution is 2.19. The minimum absolute atomic E-state index is 0.348. The zero-order valence-electron chi connectivity index (χ0n) is 16.3. The summed E-state index contributed by atoms with van der Waals surface area (Å²) in [4.78, 5) is 8.43. The van der Waals surface area contributed by atoms with Gasteiger partial charge in [0.25, 0.3) is 0 Å². The number of nitrogens with zero attached hydrogens (tertiary/aromatic N) is 2. The van der Waals surface area contributed by atoms with Gasteiger partial charge in [0.2, 0.25) is 5.88 Å². The molecule has 1 aromatic carbocycles. The van der Waals surface area contributed by atoms with E-state index in [4.69, 9.17) is 14.2 Å². The lowest BCUT2D eigenvalue weighted by atomic mass is 10.3. The number of halogens is 1. The highest BCUT2D eigenvalue weighted by atomic mass is 19.1. The first-order valence-corrected chi connectivity index (χ1v) is 9.11. The number of hydrogen-bond donors (Lipinski definition) is 2. The molecule has 8 heteroatoms. The number of nitrogens with one attached hydrogen (secondary N) is 2. The van der Waals surface area contributed by atoms with E-state index in [1.54, 1.807) is 38.6 Å². The van der Waals surface area contributed by atoms with Crippen LogP contribution in [0.4, 0.5) is 4.39 Å². The molecular formula is C20H27FN4O3. The van der Waals surface area contributed by atoms with Crippen molar-refractivity contribution in [2.24, 2.45) is 4.99 Å². The largest absolute Gasteiger partial charge is 0.439 e. The molecule has 7 nitrogen and oxygen atoms in total. The van der Waals surface area contributed by atoms with Crippen LogP contribution in [0.2, 0.25) is 0 Å². The topological polar surface area (TPSA) is 77.0 Å². The van der Waals surface area contributed by atoms with Gasteiger partial charge in [0.1, 0.15) is 11.6 Å². The van der Waals surface area contributed by atoms with Crippen molar-refractivity contribution in [3.05, 3.63) is 54.0 Å². The third-order valence-corrected chi connectivity index (χ3v) is 3.69. The Morgan fingerprint density at radius 1 is 1.14 bits per heavy atom. The third-order valence-electron chi connectivity index (χ3n) is 3.69. The molecule has 0 amide bonds. The zero-order chi connectivity index (χ0) is 20.0. The number of aliphatic imine (C=N–C) groups is 1. The minimum atomic E-state index is -0.348. The highest BCUT2D eigenvalue weighted by molar-refractivity contribution is 5.79. The molecule has 0 saturated heterocycles. The first-order chi connectivity index (χ1) is 13.7. The lowest BCUT2D eigenvalue weighted by Gasteiger charge is -2.12. The van der Waals surface area contributed by atoms with Crippen LogP contribution in [0.15, 0.2) is 47.6 Å². The van der Waals surface area contributed by atoms with Gasteiger partial charge >= 0.3 is 0 Å². The van der Waals surface area contributed by atoms with E-state index < -0.39 is 0 Å². The SMILES string of the molecule is CN=C(NCCCOCCOC)NCc1ccc(Oc2cccc(F)c2)nc1. The fraction of sp³-hybridized carbons (Fsp3) is 0.400. The summed E-state index contributed by atoms with van der Waals surface area (Å²) in [6.07, 6.45) is 2.58. The van der Waals surface area contributed by atoms with Crippen molar-refractivity contribution in [1.82, 2.24) is 15.6 Å². The van der Waals surface area contributed by atoms with E-state index in [9.17, 15) is 4.39 Å². The highest BCUT2D eigenvalue weighted by Gasteiger charge is 2.02. The maximum atomic E-state index is 13.2. The summed E-state index contributed by atoms with van der Waals surface area (Å²) in [7, 11) is 3.37. The Hall–Kier alpha value is -2.71. The molecule has 0 fully saturated rings. The molecule has 2 N–H and O–H groups in total. The van der Waals surface area contributed by atoms with Crippen molar-refractivity contribution < 1.29 is 18.6 Å². The molecule has 0 saturated carbocycles. The van der Waals surface area contributed by atoms with E-state index in [2.05, 4.69) is 20.6 Å². The van der Waals surface area contributed by atoms with Gasteiger partial charge in [0.05, 0.1) is 13.2 Å². The Labute approximate surface area is 164 Å². The zero-order valence-corrected chi connectivity index (χ0v) is 16.3. The summed E-state index contributed by atoms with van der Waals surface area (Å²) in [5.41, 5.74) is 0.970. The van der Waals surface area contributed by atoms with E-state index in [0.29, 0.717) is 44.0 Å². The predicted octanol–water partition coefficient (Wildman–Crippen LogP) is 2.73. The van der Waals surface area contributed by atoms with E-state index in [1.807, 2.05) is 6.07 Å². The first kappa shape index (κ1) is 21.6. The molecule has 0 aliphatic heterocycles. The van der Waals surface area contributed by atoms with Gasteiger partial charge in [0.15, 0.2) is 5.96 Å². The normalized spacial score (nSPS) is 11.3. The second-order valence-electron chi connectivity index (χ2n) is 5.88. The van der Waals surface area contributed by atoms with Crippen LogP contribution in [0.1, 0.15) is 12.0 Å². The molecule has 1 heterocycles. The average molecular weight is 390 g/mol. The van der Waals surface area contributed by atoms with Crippen LogP contribution in [-0.2, 0) is 16.0 Å². The molecule has 0 atom stereocenters.